The number of aliphatic hydroxyl groups excluding tert-OH is 1. The van der Waals surface area contributed by atoms with E-state index in [1.165, 1.54) is 0 Å². The van der Waals surface area contributed by atoms with Crippen molar-refractivity contribution in [2.75, 3.05) is 18.5 Å². The number of aromatic nitrogens is 1. The number of carbonyl (C=O) groups excluding carboxylic acids is 1. The molecule has 2 aromatic rings. The van der Waals surface area contributed by atoms with Crippen molar-refractivity contribution in [3.63, 3.8) is 0 Å². The molecule has 1 aliphatic rings. The predicted octanol–water partition coefficient (Wildman–Crippen LogP) is 3.17. The number of aryl methyl sites for hydroxylation is 1. The number of piperidine rings is 1. The van der Waals surface area contributed by atoms with E-state index in [-0.39, 0.29) is 24.6 Å². The van der Waals surface area contributed by atoms with Gasteiger partial charge in [-0.15, -0.1) is 0 Å². The number of likely N-dealkylation sites (tertiary alicyclic amines) is 1. The minimum atomic E-state index is -0.117. The zero-order chi connectivity index (χ0) is 16.4. The number of benzene rings is 1. The molecule has 0 spiro atoms. The first-order chi connectivity index (χ1) is 11.1. The van der Waals surface area contributed by atoms with Gasteiger partial charge in [0.1, 0.15) is 0 Å². The van der Waals surface area contributed by atoms with E-state index in [4.69, 9.17) is 0 Å². The number of nitrogens with one attached hydrogen (secondary N) is 1. The van der Waals surface area contributed by atoms with Crippen LogP contribution < -0.4 is 5.32 Å². The number of pyridine rings is 1. The van der Waals surface area contributed by atoms with Gasteiger partial charge in [-0.1, -0.05) is 6.07 Å². The van der Waals surface area contributed by atoms with Gasteiger partial charge in [0.2, 0.25) is 0 Å². The Labute approximate surface area is 136 Å². The summed E-state index contributed by atoms with van der Waals surface area (Å²) in [6.07, 6.45) is 3.63. The van der Waals surface area contributed by atoms with Crippen molar-refractivity contribution < 1.29 is 9.90 Å². The monoisotopic (exact) mass is 313 g/mol. The van der Waals surface area contributed by atoms with Gasteiger partial charge in [0.15, 0.2) is 0 Å². The van der Waals surface area contributed by atoms with Gasteiger partial charge in [-0.05, 0) is 56.4 Å². The molecule has 1 aliphatic heterocycles. The van der Waals surface area contributed by atoms with Gasteiger partial charge >= 0.3 is 6.03 Å². The SMILES string of the molecule is Cc1cc(NC(=O)N2CC(CO)CCC2C)c2ncccc2c1. The molecular formula is C18H23N3O2. The number of nitrogens with zero attached hydrogens (tertiary/aromatic N) is 2. The lowest BCUT2D eigenvalue weighted by atomic mass is 9.94. The molecule has 1 aromatic carbocycles. The second kappa shape index (κ2) is 6.54. The Bertz CT molecular complexity index is 716. The van der Waals surface area contributed by atoms with Crippen molar-refractivity contribution in [1.29, 1.82) is 0 Å². The van der Waals surface area contributed by atoms with Crippen LogP contribution in [0.4, 0.5) is 10.5 Å². The van der Waals surface area contributed by atoms with Crippen molar-refractivity contribution >= 4 is 22.6 Å². The van der Waals surface area contributed by atoms with E-state index in [0.29, 0.717) is 6.54 Å². The Hall–Kier alpha value is -2.14. The first-order valence-electron chi connectivity index (χ1n) is 8.12. The number of aliphatic hydroxyl groups is 1. The minimum Gasteiger partial charge on any atom is -0.396 e. The van der Waals surface area contributed by atoms with Crippen molar-refractivity contribution in [3.8, 4) is 0 Å². The van der Waals surface area contributed by atoms with Gasteiger partial charge in [-0.3, -0.25) is 4.98 Å². The Kier molecular flexibility index (Phi) is 4.48. The second-order valence-electron chi connectivity index (χ2n) is 6.45. The zero-order valence-electron chi connectivity index (χ0n) is 13.6. The summed E-state index contributed by atoms with van der Waals surface area (Å²) < 4.78 is 0. The Morgan fingerprint density at radius 3 is 3.04 bits per heavy atom. The summed E-state index contributed by atoms with van der Waals surface area (Å²) in [7, 11) is 0. The molecule has 0 bridgehead atoms. The normalized spacial score (nSPS) is 21.4. The maximum Gasteiger partial charge on any atom is 0.322 e. The summed E-state index contributed by atoms with van der Waals surface area (Å²) in [6, 6.07) is 7.96. The fourth-order valence-corrected chi connectivity index (χ4v) is 3.24. The highest BCUT2D eigenvalue weighted by molar-refractivity contribution is 6.00. The molecule has 1 fully saturated rings. The summed E-state index contributed by atoms with van der Waals surface area (Å²) in [6.45, 7) is 4.79. The lowest BCUT2D eigenvalue weighted by Crippen LogP contribution is -2.48. The van der Waals surface area contributed by atoms with Crippen LogP contribution in [0, 0.1) is 12.8 Å². The highest BCUT2D eigenvalue weighted by Crippen LogP contribution is 2.26. The molecule has 2 heterocycles. The molecule has 2 unspecified atom stereocenters. The first kappa shape index (κ1) is 15.7. The predicted molar refractivity (Wildman–Crippen MR) is 91.5 cm³/mol. The van der Waals surface area contributed by atoms with E-state index >= 15 is 0 Å². The highest BCUT2D eigenvalue weighted by atomic mass is 16.3. The summed E-state index contributed by atoms with van der Waals surface area (Å²) >= 11 is 0. The molecule has 3 rings (SSSR count). The number of rotatable bonds is 2. The molecule has 0 radical (unpaired) electrons. The molecule has 2 amide bonds. The van der Waals surface area contributed by atoms with Gasteiger partial charge < -0.3 is 15.3 Å². The van der Waals surface area contributed by atoms with Crippen LogP contribution in [0.1, 0.15) is 25.3 Å². The summed E-state index contributed by atoms with van der Waals surface area (Å²) in [5, 5.41) is 13.4. The Morgan fingerprint density at radius 1 is 1.43 bits per heavy atom. The Balaban J connectivity index is 1.85. The molecular weight excluding hydrogens is 290 g/mol. The maximum absolute atomic E-state index is 12.7. The average Bonchev–Trinajstić information content (AvgIpc) is 2.55. The molecule has 5 heteroatoms. The third-order valence-corrected chi connectivity index (χ3v) is 4.59. The van der Waals surface area contributed by atoms with Crippen LogP contribution in [-0.4, -0.2) is 40.2 Å². The van der Waals surface area contributed by atoms with Crippen molar-refractivity contribution in [2.45, 2.75) is 32.7 Å². The van der Waals surface area contributed by atoms with Crippen LogP contribution in [0.5, 0.6) is 0 Å². The fourth-order valence-electron chi connectivity index (χ4n) is 3.24. The van der Waals surface area contributed by atoms with Crippen LogP contribution in [0.15, 0.2) is 30.5 Å². The standard InChI is InChI=1S/C18H23N3O2/c1-12-8-15-4-3-7-19-17(15)16(9-12)20-18(23)21-10-14(11-22)6-5-13(21)2/h3-4,7-9,13-14,22H,5-6,10-11H2,1-2H3,(H,20,23). The van der Waals surface area contributed by atoms with Crippen molar-refractivity contribution in [2.24, 2.45) is 5.92 Å². The van der Waals surface area contributed by atoms with Crippen LogP contribution >= 0.6 is 0 Å². The number of fused-ring (bicyclic) bond motifs is 1. The number of carbonyl (C=O) groups is 1. The second-order valence-corrected chi connectivity index (χ2v) is 6.45. The number of hydrogen-bond acceptors (Lipinski definition) is 3. The zero-order valence-corrected chi connectivity index (χ0v) is 13.6. The van der Waals surface area contributed by atoms with Crippen LogP contribution in [0.2, 0.25) is 0 Å². The van der Waals surface area contributed by atoms with Crippen molar-refractivity contribution in [1.82, 2.24) is 9.88 Å². The van der Waals surface area contributed by atoms with Crippen LogP contribution in [-0.2, 0) is 0 Å². The van der Waals surface area contributed by atoms with E-state index in [0.717, 1.165) is 35.0 Å². The first-order valence-corrected chi connectivity index (χ1v) is 8.12. The number of hydrogen-bond donors (Lipinski definition) is 2. The van der Waals surface area contributed by atoms with E-state index in [1.807, 2.05) is 30.0 Å². The topological polar surface area (TPSA) is 65.5 Å². The molecule has 2 atom stereocenters. The molecule has 23 heavy (non-hydrogen) atoms. The molecule has 2 N–H and O–H groups in total. The van der Waals surface area contributed by atoms with Gasteiger partial charge in [-0.2, -0.15) is 0 Å². The largest absolute Gasteiger partial charge is 0.396 e. The van der Waals surface area contributed by atoms with Gasteiger partial charge in [-0.25, -0.2) is 4.79 Å². The molecule has 0 saturated carbocycles. The average molecular weight is 313 g/mol. The molecule has 1 saturated heterocycles. The quantitative estimate of drug-likeness (QED) is 0.895. The third kappa shape index (κ3) is 3.29. The summed E-state index contributed by atoms with van der Waals surface area (Å²) in [4.78, 5) is 18.9. The van der Waals surface area contributed by atoms with E-state index in [9.17, 15) is 9.90 Å². The number of urea groups is 1. The van der Waals surface area contributed by atoms with Gasteiger partial charge in [0, 0.05) is 30.8 Å². The third-order valence-electron chi connectivity index (χ3n) is 4.59. The lowest BCUT2D eigenvalue weighted by Gasteiger charge is -2.37. The molecule has 0 aliphatic carbocycles. The summed E-state index contributed by atoms with van der Waals surface area (Å²) in [5.41, 5.74) is 2.62. The highest BCUT2D eigenvalue weighted by Gasteiger charge is 2.28. The molecule has 1 aromatic heterocycles. The number of amides is 2. The number of anilines is 1. The molecule has 5 nitrogen and oxygen atoms in total. The summed E-state index contributed by atoms with van der Waals surface area (Å²) in [5.74, 6) is 0.171. The van der Waals surface area contributed by atoms with Crippen LogP contribution in [0.25, 0.3) is 10.9 Å². The van der Waals surface area contributed by atoms with Gasteiger partial charge in [0.05, 0.1) is 11.2 Å². The van der Waals surface area contributed by atoms with Crippen LogP contribution in [0.3, 0.4) is 0 Å². The smallest absolute Gasteiger partial charge is 0.322 e. The maximum atomic E-state index is 12.7. The van der Waals surface area contributed by atoms with E-state index in [1.54, 1.807) is 6.20 Å². The van der Waals surface area contributed by atoms with Crippen molar-refractivity contribution in [3.05, 3.63) is 36.0 Å². The van der Waals surface area contributed by atoms with E-state index < -0.39 is 0 Å². The van der Waals surface area contributed by atoms with E-state index in [2.05, 4.69) is 23.3 Å². The fraction of sp³-hybridized carbons (Fsp3) is 0.444. The van der Waals surface area contributed by atoms with Gasteiger partial charge in [0.25, 0.3) is 0 Å². The minimum absolute atomic E-state index is 0.117. The Morgan fingerprint density at radius 2 is 2.26 bits per heavy atom. The lowest BCUT2D eigenvalue weighted by molar-refractivity contribution is 0.107. The molecule has 122 valence electrons.